The Hall–Kier alpha value is -0.790. The lowest BCUT2D eigenvalue weighted by Gasteiger charge is -2.03. The summed E-state index contributed by atoms with van der Waals surface area (Å²) in [5.41, 5.74) is 1.25. The molecule has 0 spiro atoms. The molecule has 0 fully saturated rings. The number of rotatable bonds is 4. The highest BCUT2D eigenvalue weighted by molar-refractivity contribution is 5.66. The minimum Gasteiger partial charge on any atom is -0.481 e. The number of carbonyl (C=O) groups is 1. The third kappa shape index (κ3) is 7.10. The third-order valence-corrected chi connectivity index (χ3v) is 1.43. The second-order valence-electron chi connectivity index (χ2n) is 3.15. The summed E-state index contributed by atoms with van der Waals surface area (Å²) in [6.45, 7) is 6.09. The van der Waals surface area contributed by atoms with Gasteiger partial charge in [0.05, 0.1) is 0 Å². The molecule has 0 unspecified atom stereocenters. The van der Waals surface area contributed by atoms with E-state index in [1.165, 1.54) is 5.57 Å². The van der Waals surface area contributed by atoms with Crippen molar-refractivity contribution in [1.29, 1.82) is 0 Å². The lowest BCUT2D eigenvalue weighted by Crippen LogP contribution is -1.98. The van der Waals surface area contributed by atoms with Crippen molar-refractivity contribution >= 4 is 5.97 Å². The van der Waals surface area contributed by atoms with E-state index >= 15 is 0 Å². The summed E-state index contributed by atoms with van der Waals surface area (Å²) in [6, 6.07) is 0. The average molecular weight is 156 g/mol. The first-order valence-electron chi connectivity index (χ1n) is 3.89. The first-order valence-corrected chi connectivity index (χ1v) is 3.89. The fourth-order valence-electron chi connectivity index (χ4n) is 1.00. The van der Waals surface area contributed by atoms with Crippen LogP contribution in [-0.2, 0) is 4.79 Å². The van der Waals surface area contributed by atoms with Gasteiger partial charge in [-0.2, -0.15) is 0 Å². The van der Waals surface area contributed by atoms with Crippen LogP contribution in [0.1, 0.15) is 33.6 Å². The summed E-state index contributed by atoms with van der Waals surface area (Å²) < 4.78 is 0. The minimum atomic E-state index is -0.709. The highest BCUT2D eigenvalue weighted by Gasteiger charge is 2.01. The maximum atomic E-state index is 10.2. The molecule has 0 aliphatic heterocycles. The van der Waals surface area contributed by atoms with Crippen LogP contribution in [0.4, 0.5) is 0 Å². The molecular formula is C9H16O2. The first kappa shape index (κ1) is 10.2. The van der Waals surface area contributed by atoms with Crippen molar-refractivity contribution in [2.75, 3.05) is 0 Å². The van der Waals surface area contributed by atoms with Gasteiger partial charge in [0.25, 0.3) is 0 Å². The Bertz CT molecular complexity index is 155. The molecule has 0 saturated carbocycles. The molecule has 0 saturated heterocycles. The molecule has 11 heavy (non-hydrogen) atoms. The van der Waals surface area contributed by atoms with E-state index < -0.39 is 5.97 Å². The number of hydrogen-bond donors (Lipinski definition) is 1. The molecule has 0 radical (unpaired) electrons. The zero-order valence-corrected chi connectivity index (χ0v) is 7.42. The second-order valence-corrected chi connectivity index (χ2v) is 3.15. The van der Waals surface area contributed by atoms with Crippen LogP contribution in [0.5, 0.6) is 0 Å². The quantitative estimate of drug-likeness (QED) is 0.635. The summed E-state index contributed by atoms with van der Waals surface area (Å²) in [7, 11) is 0. The highest BCUT2D eigenvalue weighted by Crippen LogP contribution is 2.09. The molecule has 0 heterocycles. The molecule has 0 aliphatic rings. The monoisotopic (exact) mass is 156 g/mol. The Morgan fingerprint density at radius 1 is 1.55 bits per heavy atom. The lowest BCUT2D eigenvalue weighted by atomic mass is 10.0. The minimum absolute atomic E-state index is 0.269. The van der Waals surface area contributed by atoms with E-state index in [4.69, 9.17) is 5.11 Å². The predicted octanol–water partition coefficient (Wildman–Crippen LogP) is 2.45. The fraction of sp³-hybridized carbons (Fsp3) is 0.667. The molecule has 0 aromatic rings. The molecule has 0 bridgehead atoms. The predicted molar refractivity (Wildman–Crippen MR) is 45.5 cm³/mol. The molecular weight excluding hydrogens is 140 g/mol. The van der Waals surface area contributed by atoms with E-state index in [1.807, 2.05) is 20.8 Å². The van der Waals surface area contributed by atoms with Crippen molar-refractivity contribution in [3.8, 4) is 0 Å². The van der Waals surface area contributed by atoms with Crippen molar-refractivity contribution < 1.29 is 9.90 Å². The molecule has 2 nitrogen and oxygen atoms in total. The number of hydrogen-bond acceptors (Lipinski definition) is 1. The van der Waals surface area contributed by atoms with Gasteiger partial charge < -0.3 is 5.11 Å². The van der Waals surface area contributed by atoms with Gasteiger partial charge in [0.2, 0.25) is 0 Å². The van der Waals surface area contributed by atoms with Gasteiger partial charge in [-0.3, -0.25) is 4.79 Å². The normalized spacial score (nSPS) is 12.3. The number of allylic oxidation sites excluding steroid dienone is 2. The van der Waals surface area contributed by atoms with Crippen LogP contribution in [0.3, 0.4) is 0 Å². The largest absolute Gasteiger partial charge is 0.481 e. The number of carboxylic acid groups (broad SMARTS) is 1. The molecule has 1 N–H and O–H groups in total. The topological polar surface area (TPSA) is 37.3 Å². The van der Waals surface area contributed by atoms with Crippen molar-refractivity contribution in [3.05, 3.63) is 11.6 Å². The van der Waals surface area contributed by atoms with E-state index in [2.05, 4.69) is 6.08 Å². The first-order chi connectivity index (χ1) is 5.02. The van der Waals surface area contributed by atoms with E-state index in [-0.39, 0.29) is 6.42 Å². The van der Waals surface area contributed by atoms with Crippen LogP contribution in [0.15, 0.2) is 11.6 Å². The summed E-state index contributed by atoms with van der Waals surface area (Å²) in [5, 5.41) is 8.38. The van der Waals surface area contributed by atoms with Gasteiger partial charge in [-0.25, -0.2) is 0 Å². The molecule has 0 rings (SSSR count). The van der Waals surface area contributed by atoms with Crippen molar-refractivity contribution in [2.45, 2.75) is 33.6 Å². The number of carboxylic acids is 1. The Morgan fingerprint density at radius 2 is 2.09 bits per heavy atom. The van der Waals surface area contributed by atoms with Gasteiger partial charge in [-0.1, -0.05) is 18.6 Å². The highest BCUT2D eigenvalue weighted by atomic mass is 16.4. The lowest BCUT2D eigenvalue weighted by molar-refractivity contribution is -0.137. The zero-order valence-electron chi connectivity index (χ0n) is 7.42. The fourth-order valence-corrected chi connectivity index (χ4v) is 1.00. The van der Waals surface area contributed by atoms with Gasteiger partial charge in [0.1, 0.15) is 0 Å². The maximum absolute atomic E-state index is 10.2. The van der Waals surface area contributed by atoms with Crippen molar-refractivity contribution in [2.24, 2.45) is 5.92 Å². The Labute approximate surface area is 67.9 Å². The van der Waals surface area contributed by atoms with E-state index in [0.717, 1.165) is 6.42 Å². The van der Waals surface area contributed by atoms with Crippen molar-refractivity contribution in [3.63, 3.8) is 0 Å². The molecule has 64 valence electrons. The third-order valence-electron chi connectivity index (χ3n) is 1.43. The van der Waals surface area contributed by atoms with Gasteiger partial charge in [-0.05, 0) is 26.2 Å². The Morgan fingerprint density at radius 3 is 2.45 bits per heavy atom. The van der Waals surface area contributed by atoms with Crippen LogP contribution in [-0.4, -0.2) is 11.1 Å². The smallest absolute Gasteiger partial charge is 0.303 e. The van der Waals surface area contributed by atoms with Crippen LogP contribution < -0.4 is 0 Å². The number of aliphatic carboxylic acids is 1. The van der Waals surface area contributed by atoms with Crippen molar-refractivity contribution in [1.82, 2.24) is 0 Å². The van der Waals surface area contributed by atoms with Crippen LogP contribution >= 0.6 is 0 Å². The second kappa shape index (κ2) is 4.94. The van der Waals surface area contributed by atoms with Crippen LogP contribution in [0, 0.1) is 5.92 Å². The molecule has 0 aromatic carbocycles. The van der Waals surface area contributed by atoms with E-state index in [9.17, 15) is 4.79 Å². The summed E-state index contributed by atoms with van der Waals surface area (Å²) in [5.74, 6) is -0.324. The summed E-state index contributed by atoms with van der Waals surface area (Å²) >= 11 is 0. The molecule has 2 heteroatoms. The maximum Gasteiger partial charge on any atom is 0.303 e. The molecule has 0 aromatic heterocycles. The van der Waals surface area contributed by atoms with Gasteiger partial charge in [0.15, 0.2) is 0 Å². The zero-order chi connectivity index (χ0) is 8.85. The van der Waals surface area contributed by atoms with Crippen LogP contribution in [0.2, 0.25) is 0 Å². The Balaban J connectivity index is 3.61. The summed E-state index contributed by atoms with van der Waals surface area (Å²) in [4.78, 5) is 10.2. The van der Waals surface area contributed by atoms with Gasteiger partial charge in [0, 0.05) is 6.42 Å². The standard InChI is InChI=1S/C9H16O2/c1-7(2)6-8(3)4-5-9(10)11/h6,8H,4-5H2,1-3H3,(H,10,11)/t8-/m1/s1. The van der Waals surface area contributed by atoms with E-state index in [0.29, 0.717) is 5.92 Å². The van der Waals surface area contributed by atoms with Gasteiger partial charge in [-0.15, -0.1) is 0 Å². The van der Waals surface area contributed by atoms with E-state index in [1.54, 1.807) is 0 Å². The molecule has 0 aliphatic carbocycles. The Kier molecular flexibility index (Phi) is 4.59. The molecule has 1 atom stereocenters. The SMILES string of the molecule is CC(C)=C[C@H](C)CCC(=O)O. The molecule has 0 amide bonds. The van der Waals surface area contributed by atoms with Gasteiger partial charge >= 0.3 is 5.97 Å². The van der Waals surface area contributed by atoms with Crippen LogP contribution in [0.25, 0.3) is 0 Å². The average Bonchev–Trinajstić information content (AvgIpc) is 1.82. The summed E-state index contributed by atoms with van der Waals surface area (Å²) in [6.07, 6.45) is 3.11.